The van der Waals surface area contributed by atoms with Gasteiger partial charge in [-0.25, -0.2) is 13.1 Å². The highest BCUT2D eigenvalue weighted by molar-refractivity contribution is 7.89. The molecule has 0 bridgehead atoms. The van der Waals surface area contributed by atoms with Crippen LogP contribution in [0.15, 0.2) is 47.4 Å². The van der Waals surface area contributed by atoms with E-state index in [-0.39, 0.29) is 36.8 Å². The van der Waals surface area contributed by atoms with Gasteiger partial charge in [-0.05, 0) is 36.4 Å². The largest absolute Gasteiger partial charge is 0.492 e. The molecule has 180 valence electrons. The van der Waals surface area contributed by atoms with Crippen LogP contribution in [0.1, 0.15) is 18.4 Å². The molecule has 2 aromatic rings. The van der Waals surface area contributed by atoms with Crippen molar-refractivity contribution in [1.82, 2.24) is 10.0 Å². The van der Waals surface area contributed by atoms with E-state index in [0.717, 1.165) is 12.1 Å². The van der Waals surface area contributed by atoms with E-state index in [2.05, 4.69) is 10.0 Å². The number of amides is 1. The van der Waals surface area contributed by atoms with Crippen molar-refractivity contribution in [1.29, 1.82) is 0 Å². The minimum absolute atomic E-state index is 0.00269. The summed E-state index contributed by atoms with van der Waals surface area (Å²) in [6.07, 6.45) is -3.83. The van der Waals surface area contributed by atoms with Gasteiger partial charge in [-0.2, -0.15) is 13.2 Å². The Labute approximate surface area is 189 Å². The van der Waals surface area contributed by atoms with Crippen molar-refractivity contribution in [2.24, 2.45) is 0 Å². The predicted octanol–water partition coefficient (Wildman–Crippen LogP) is 2.73. The van der Waals surface area contributed by atoms with Crippen LogP contribution in [0.5, 0.6) is 17.2 Å². The van der Waals surface area contributed by atoms with Crippen molar-refractivity contribution in [2.45, 2.75) is 23.9 Å². The van der Waals surface area contributed by atoms with Crippen LogP contribution >= 0.6 is 0 Å². The first kappa shape index (κ1) is 24.6. The van der Waals surface area contributed by atoms with Gasteiger partial charge in [-0.3, -0.25) is 4.79 Å². The second kappa shape index (κ2) is 10.8. The minimum Gasteiger partial charge on any atom is -0.492 e. The van der Waals surface area contributed by atoms with E-state index in [0.29, 0.717) is 31.1 Å². The minimum atomic E-state index is -4.42. The molecular weight excluding hydrogens is 465 g/mol. The molecule has 0 saturated carbocycles. The summed E-state index contributed by atoms with van der Waals surface area (Å²) in [6.45, 7) is 0.936. The number of ether oxygens (including phenoxy) is 3. The molecular formula is C21H23F3N2O6S. The first-order valence-electron chi connectivity index (χ1n) is 10.1. The Hall–Kier alpha value is -2.99. The lowest BCUT2D eigenvalue weighted by molar-refractivity contribution is -0.137. The average molecular weight is 488 g/mol. The SMILES string of the molecule is O=C(CCNS(=O)(=O)c1ccc2c(c1)OCCCO2)NCCOc1ccc(C(F)(F)F)cc1. The number of carbonyl (C=O) groups excluding carboxylic acids is 1. The van der Waals surface area contributed by atoms with Crippen LogP contribution < -0.4 is 24.2 Å². The average Bonchev–Trinajstić information content (AvgIpc) is 3.01. The van der Waals surface area contributed by atoms with Crippen molar-refractivity contribution < 1.29 is 40.6 Å². The molecule has 0 aliphatic carbocycles. The van der Waals surface area contributed by atoms with Gasteiger partial charge in [0.15, 0.2) is 11.5 Å². The maximum Gasteiger partial charge on any atom is 0.416 e. The fraction of sp³-hybridized carbons (Fsp3) is 0.381. The van der Waals surface area contributed by atoms with Gasteiger partial charge in [-0.15, -0.1) is 0 Å². The number of hydrogen-bond acceptors (Lipinski definition) is 6. The van der Waals surface area contributed by atoms with Crippen LogP contribution in [0.25, 0.3) is 0 Å². The van der Waals surface area contributed by atoms with Crippen LogP contribution in [-0.4, -0.2) is 47.2 Å². The number of carbonyl (C=O) groups is 1. The summed E-state index contributed by atoms with van der Waals surface area (Å²) in [6, 6.07) is 8.50. The highest BCUT2D eigenvalue weighted by Gasteiger charge is 2.30. The third-order valence-corrected chi connectivity index (χ3v) is 6.01. The molecule has 1 amide bonds. The van der Waals surface area contributed by atoms with Crippen molar-refractivity contribution in [2.75, 3.05) is 32.9 Å². The normalized spacial score (nSPS) is 13.8. The molecule has 1 aliphatic heterocycles. The molecule has 0 saturated heterocycles. The van der Waals surface area contributed by atoms with Crippen molar-refractivity contribution in [3.8, 4) is 17.2 Å². The van der Waals surface area contributed by atoms with E-state index < -0.39 is 27.7 Å². The van der Waals surface area contributed by atoms with E-state index in [1.807, 2.05) is 0 Å². The number of benzene rings is 2. The third-order valence-electron chi connectivity index (χ3n) is 4.55. The monoisotopic (exact) mass is 488 g/mol. The first-order valence-corrected chi connectivity index (χ1v) is 11.6. The van der Waals surface area contributed by atoms with Crippen molar-refractivity contribution in [3.63, 3.8) is 0 Å². The third kappa shape index (κ3) is 7.26. The Morgan fingerprint density at radius 2 is 1.70 bits per heavy atom. The molecule has 1 aliphatic rings. The van der Waals surface area contributed by atoms with Crippen LogP contribution in [0, 0.1) is 0 Å². The molecule has 1 heterocycles. The summed E-state index contributed by atoms with van der Waals surface area (Å²) in [5.74, 6) is 0.651. The Bertz CT molecular complexity index is 1060. The van der Waals surface area contributed by atoms with Gasteiger partial charge >= 0.3 is 6.18 Å². The number of alkyl halides is 3. The molecule has 8 nitrogen and oxygen atoms in total. The molecule has 2 aromatic carbocycles. The Morgan fingerprint density at radius 1 is 1.00 bits per heavy atom. The molecule has 0 spiro atoms. The number of rotatable bonds is 9. The number of halogens is 3. The van der Waals surface area contributed by atoms with Gasteiger partial charge in [0, 0.05) is 25.5 Å². The number of hydrogen-bond donors (Lipinski definition) is 2. The second-order valence-electron chi connectivity index (χ2n) is 7.03. The molecule has 2 N–H and O–H groups in total. The van der Waals surface area contributed by atoms with E-state index in [9.17, 15) is 26.4 Å². The standard InChI is InChI=1S/C21H23F3N2O6S/c22-21(23,24)15-2-4-16(5-3-15)30-13-10-25-20(27)8-9-26-33(28,29)17-6-7-18-19(14-17)32-12-1-11-31-18/h2-7,14,26H,1,8-13H2,(H,25,27). The Morgan fingerprint density at radius 3 is 2.39 bits per heavy atom. The quantitative estimate of drug-likeness (QED) is 0.527. The predicted molar refractivity (Wildman–Crippen MR) is 112 cm³/mol. The van der Waals surface area contributed by atoms with Gasteiger partial charge in [0.05, 0.1) is 30.2 Å². The lowest BCUT2D eigenvalue weighted by Crippen LogP contribution is -2.32. The molecule has 12 heteroatoms. The van der Waals surface area contributed by atoms with Crippen LogP contribution in [0.4, 0.5) is 13.2 Å². The van der Waals surface area contributed by atoms with E-state index in [4.69, 9.17) is 14.2 Å². The summed E-state index contributed by atoms with van der Waals surface area (Å²) in [5.41, 5.74) is -0.780. The van der Waals surface area contributed by atoms with Gasteiger partial charge in [0.25, 0.3) is 0 Å². The summed E-state index contributed by atoms with van der Waals surface area (Å²) in [4.78, 5) is 11.9. The summed E-state index contributed by atoms with van der Waals surface area (Å²) in [7, 11) is -3.85. The number of nitrogens with one attached hydrogen (secondary N) is 2. The van der Waals surface area contributed by atoms with Crippen molar-refractivity contribution >= 4 is 15.9 Å². The zero-order valence-corrected chi connectivity index (χ0v) is 18.3. The molecule has 0 atom stereocenters. The van der Waals surface area contributed by atoms with E-state index in [1.165, 1.54) is 30.3 Å². The smallest absolute Gasteiger partial charge is 0.416 e. The van der Waals surface area contributed by atoms with Gasteiger partial charge in [-0.1, -0.05) is 0 Å². The molecule has 0 unspecified atom stereocenters. The van der Waals surface area contributed by atoms with Crippen molar-refractivity contribution in [3.05, 3.63) is 48.0 Å². The summed E-state index contributed by atoms with van der Waals surface area (Å²) >= 11 is 0. The van der Waals surface area contributed by atoms with Crippen LogP contribution in [0.3, 0.4) is 0 Å². The van der Waals surface area contributed by atoms with E-state index >= 15 is 0 Å². The van der Waals surface area contributed by atoms with E-state index in [1.54, 1.807) is 0 Å². The fourth-order valence-electron chi connectivity index (χ4n) is 2.88. The maximum atomic E-state index is 12.5. The van der Waals surface area contributed by atoms with Gasteiger partial charge < -0.3 is 19.5 Å². The molecule has 0 aromatic heterocycles. The highest BCUT2D eigenvalue weighted by atomic mass is 32.2. The highest BCUT2D eigenvalue weighted by Crippen LogP contribution is 2.32. The van der Waals surface area contributed by atoms with Crippen LogP contribution in [0.2, 0.25) is 0 Å². The van der Waals surface area contributed by atoms with Crippen LogP contribution in [-0.2, 0) is 21.0 Å². The lowest BCUT2D eigenvalue weighted by Gasteiger charge is -2.11. The Balaban J connectivity index is 1.38. The van der Waals surface area contributed by atoms with Gasteiger partial charge in [0.1, 0.15) is 12.4 Å². The zero-order chi connectivity index (χ0) is 23.9. The van der Waals surface area contributed by atoms with Gasteiger partial charge in [0.2, 0.25) is 15.9 Å². The second-order valence-corrected chi connectivity index (χ2v) is 8.79. The zero-order valence-electron chi connectivity index (χ0n) is 17.5. The lowest BCUT2D eigenvalue weighted by atomic mass is 10.2. The number of sulfonamides is 1. The number of fused-ring (bicyclic) bond motifs is 1. The maximum absolute atomic E-state index is 12.5. The summed E-state index contributed by atoms with van der Waals surface area (Å²) in [5, 5.41) is 2.55. The molecule has 0 fully saturated rings. The first-order chi connectivity index (χ1) is 15.6. The molecule has 33 heavy (non-hydrogen) atoms. The Kier molecular flexibility index (Phi) is 8.03. The summed E-state index contributed by atoms with van der Waals surface area (Å²) < 4.78 is 81.1. The molecule has 3 rings (SSSR count). The topological polar surface area (TPSA) is 103 Å². The fourth-order valence-corrected chi connectivity index (χ4v) is 3.93. The molecule has 0 radical (unpaired) electrons.